The highest BCUT2D eigenvalue weighted by molar-refractivity contribution is 5.18. The van der Waals surface area contributed by atoms with Crippen molar-refractivity contribution in [3.8, 4) is 6.07 Å². The molecule has 0 N–H and O–H groups in total. The Labute approximate surface area is 160 Å². The van der Waals surface area contributed by atoms with E-state index in [9.17, 15) is 4.39 Å². The van der Waals surface area contributed by atoms with E-state index in [0.29, 0.717) is 0 Å². The fourth-order valence-electron chi connectivity index (χ4n) is 5.00. The molecular formula is C24H36FN. The Morgan fingerprint density at radius 3 is 2.04 bits per heavy atom. The van der Waals surface area contributed by atoms with Gasteiger partial charge in [0.2, 0.25) is 0 Å². The fraction of sp³-hybridized carbons (Fsp3) is 0.708. The first-order valence-corrected chi connectivity index (χ1v) is 10.7. The van der Waals surface area contributed by atoms with Gasteiger partial charge in [0.05, 0.1) is 0 Å². The van der Waals surface area contributed by atoms with Crippen LogP contribution >= 0.6 is 0 Å². The average Bonchev–Trinajstić information content (AvgIpc) is 2.68. The van der Waals surface area contributed by atoms with Crippen LogP contribution in [0.5, 0.6) is 0 Å². The number of hydrogen-bond acceptors (Lipinski definition) is 1. The Hall–Kier alpha value is -1.36. The molecule has 2 aliphatic carbocycles. The molecule has 0 unspecified atom stereocenters. The van der Waals surface area contributed by atoms with E-state index in [2.05, 4.69) is 13.5 Å². The van der Waals surface area contributed by atoms with E-state index in [1.807, 2.05) is 6.08 Å². The van der Waals surface area contributed by atoms with Crippen molar-refractivity contribution < 1.29 is 4.39 Å². The summed E-state index contributed by atoms with van der Waals surface area (Å²) in [4.78, 5) is 0. The van der Waals surface area contributed by atoms with Gasteiger partial charge in [0.15, 0.2) is 5.83 Å². The minimum atomic E-state index is -0.719. The van der Waals surface area contributed by atoms with Crippen LogP contribution in [-0.4, -0.2) is 0 Å². The van der Waals surface area contributed by atoms with Gasteiger partial charge in [-0.2, -0.15) is 9.65 Å². The lowest BCUT2D eigenvalue weighted by atomic mass is 9.70. The van der Waals surface area contributed by atoms with Gasteiger partial charge in [-0.15, -0.1) is 0 Å². The molecule has 2 heteroatoms. The summed E-state index contributed by atoms with van der Waals surface area (Å²) in [5.41, 5.74) is 1.57. The number of nitriles is 1. The molecule has 26 heavy (non-hydrogen) atoms. The van der Waals surface area contributed by atoms with E-state index >= 15 is 0 Å². The van der Waals surface area contributed by atoms with Crippen molar-refractivity contribution in [2.75, 3.05) is 0 Å². The number of rotatable bonds is 8. The first-order chi connectivity index (χ1) is 12.6. The zero-order chi connectivity index (χ0) is 18.8. The van der Waals surface area contributed by atoms with Crippen molar-refractivity contribution in [1.29, 1.82) is 5.26 Å². The Kier molecular flexibility index (Phi) is 9.16. The molecule has 0 radical (unpaired) electrons. The SMILES string of the molecule is C=C(C1CCC(CCC)CC1)C1CCC(CC/C=C/C=C(\F)C#N)CC1. The maximum atomic E-state index is 12.7. The molecule has 0 bridgehead atoms. The van der Waals surface area contributed by atoms with E-state index in [-0.39, 0.29) is 0 Å². The lowest BCUT2D eigenvalue weighted by Gasteiger charge is -2.36. The van der Waals surface area contributed by atoms with Crippen LogP contribution in [0.15, 0.2) is 36.2 Å². The predicted octanol–water partition coefficient (Wildman–Crippen LogP) is 7.67. The van der Waals surface area contributed by atoms with Crippen molar-refractivity contribution in [2.24, 2.45) is 23.7 Å². The molecule has 2 rings (SSSR count). The monoisotopic (exact) mass is 357 g/mol. The summed E-state index contributed by atoms with van der Waals surface area (Å²) < 4.78 is 12.7. The maximum absolute atomic E-state index is 12.7. The van der Waals surface area contributed by atoms with Crippen LogP contribution in [0.1, 0.15) is 84.0 Å². The standard InChI is InChI=1S/C24H36FN/c1-3-7-20-10-14-22(15-11-20)19(2)23-16-12-21(13-17-23)8-5-4-6-9-24(25)18-26/h4,6,9,20-23H,2-3,5,7-8,10-17H2,1H3/b6-4+,24-9-. The highest BCUT2D eigenvalue weighted by Crippen LogP contribution is 2.42. The number of hydrogen-bond donors (Lipinski definition) is 0. The van der Waals surface area contributed by atoms with Crippen molar-refractivity contribution in [3.05, 3.63) is 36.2 Å². The minimum absolute atomic E-state index is 0.719. The first-order valence-electron chi connectivity index (χ1n) is 10.7. The van der Waals surface area contributed by atoms with Gasteiger partial charge in [0, 0.05) is 0 Å². The van der Waals surface area contributed by atoms with Gasteiger partial charge in [-0.25, -0.2) is 0 Å². The Morgan fingerprint density at radius 1 is 1.00 bits per heavy atom. The third-order valence-corrected chi connectivity index (χ3v) is 6.67. The van der Waals surface area contributed by atoms with Crippen LogP contribution in [0.3, 0.4) is 0 Å². The van der Waals surface area contributed by atoms with Crippen LogP contribution in [0.4, 0.5) is 4.39 Å². The first kappa shape index (κ1) is 20.9. The van der Waals surface area contributed by atoms with Crippen LogP contribution in [0, 0.1) is 35.0 Å². The molecule has 144 valence electrons. The summed E-state index contributed by atoms with van der Waals surface area (Å²) in [6.07, 6.45) is 20.6. The van der Waals surface area contributed by atoms with Gasteiger partial charge in [-0.3, -0.25) is 0 Å². The molecule has 0 aromatic heterocycles. The normalized spacial score (nSPS) is 30.3. The second-order valence-electron chi connectivity index (χ2n) is 8.43. The fourth-order valence-corrected chi connectivity index (χ4v) is 5.00. The zero-order valence-electron chi connectivity index (χ0n) is 16.6. The maximum Gasteiger partial charge on any atom is 0.199 e. The van der Waals surface area contributed by atoms with E-state index in [0.717, 1.165) is 30.1 Å². The zero-order valence-corrected chi connectivity index (χ0v) is 16.6. The molecular weight excluding hydrogens is 321 g/mol. The summed E-state index contributed by atoms with van der Waals surface area (Å²) in [6, 6.07) is 1.49. The molecule has 0 heterocycles. The third-order valence-electron chi connectivity index (χ3n) is 6.67. The molecule has 2 aliphatic rings. The smallest absolute Gasteiger partial charge is 0.195 e. The van der Waals surface area contributed by atoms with Gasteiger partial charge in [0.25, 0.3) is 0 Å². The molecule has 2 fully saturated rings. The second kappa shape index (κ2) is 11.4. The van der Waals surface area contributed by atoms with E-state index < -0.39 is 5.83 Å². The van der Waals surface area contributed by atoms with Crippen molar-refractivity contribution in [2.45, 2.75) is 84.0 Å². The second-order valence-corrected chi connectivity index (χ2v) is 8.43. The number of halogens is 1. The largest absolute Gasteiger partial charge is 0.199 e. The molecule has 0 saturated heterocycles. The summed E-state index contributed by atoms with van der Waals surface area (Å²) in [6.45, 7) is 6.84. The summed E-state index contributed by atoms with van der Waals surface area (Å²) in [5, 5.41) is 8.36. The van der Waals surface area contributed by atoms with E-state index in [1.54, 1.807) is 11.6 Å². The quantitative estimate of drug-likeness (QED) is 0.248. The van der Waals surface area contributed by atoms with E-state index in [1.165, 1.54) is 82.8 Å². The van der Waals surface area contributed by atoms with Gasteiger partial charge in [-0.05, 0) is 94.0 Å². The molecule has 0 amide bonds. The lowest BCUT2D eigenvalue weighted by Crippen LogP contribution is -2.23. The van der Waals surface area contributed by atoms with Gasteiger partial charge in [0.1, 0.15) is 6.07 Å². The van der Waals surface area contributed by atoms with Crippen LogP contribution in [-0.2, 0) is 0 Å². The van der Waals surface area contributed by atoms with Crippen LogP contribution < -0.4 is 0 Å². The van der Waals surface area contributed by atoms with E-state index in [4.69, 9.17) is 5.26 Å². The molecule has 2 saturated carbocycles. The average molecular weight is 358 g/mol. The molecule has 0 atom stereocenters. The lowest BCUT2D eigenvalue weighted by molar-refractivity contribution is 0.241. The third kappa shape index (κ3) is 6.75. The number of nitrogens with zero attached hydrogens (tertiary/aromatic N) is 1. The van der Waals surface area contributed by atoms with Crippen LogP contribution in [0.25, 0.3) is 0 Å². The Morgan fingerprint density at radius 2 is 1.54 bits per heavy atom. The highest BCUT2D eigenvalue weighted by Gasteiger charge is 2.29. The molecule has 1 nitrogen and oxygen atoms in total. The predicted molar refractivity (Wildman–Crippen MR) is 108 cm³/mol. The highest BCUT2D eigenvalue weighted by atomic mass is 19.1. The van der Waals surface area contributed by atoms with Gasteiger partial charge < -0.3 is 0 Å². The summed E-state index contributed by atoms with van der Waals surface area (Å²) >= 11 is 0. The topological polar surface area (TPSA) is 23.8 Å². The van der Waals surface area contributed by atoms with Crippen molar-refractivity contribution in [3.63, 3.8) is 0 Å². The van der Waals surface area contributed by atoms with Gasteiger partial charge >= 0.3 is 0 Å². The Bertz CT molecular complexity index is 523. The molecule has 0 spiro atoms. The van der Waals surface area contributed by atoms with Crippen molar-refractivity contribution in [1.82, 2.24) is 0 Å². The van der Waals surface area contributed by atoms with Gasteiger partial charge in [-0.1, -0.05) is 44.1 Å². The molecule has 0 aromatic carbocycles. The Balaban J connectivity index is 1.65. The minimum Gasteiger partial charge on any atom is -0.195 e. The van der Waals surface area contributed by atoms with Crippen molar-refractivity contribution >= 4 is 0 Å². The summed E-state index contributed by atoms with van der Waals surface area (Å²) in [5.74, 6) is 2.60. The molecule has 0 aromatic rings. The summed E-state index contributed by atoms with van der Waals surface area (Å²) in [7, 11) is 0. The molecule has 0 aliphatic heterocycles. The number of allylic oxidation sites excluding steroid dienone is 5. The van der Waals surface area contributed by atoms with Crippen LogP contribution in [0.2, 0.25) is 0 Å².